The Kier molecular flexibility index (Phi) is 4.56. The van der Waals surface area contributed by atoms with Crippen LogP contribution < -0.4 is 10.8 Å². The second-order valence-corrected chi connectivity index (χ2v) is 7.15. The Morgan fingerprint density at radius 3 is 2.26 bits per heavy atom. The number of benzene rings is 1. The molecule has 1 aliphatic heterocycles. The Balaban J connectivity index is 2.27. The summed E-state index contributed by atoms with van der Waals surface area (Å²) in [6.45, 7) is 11.5. The molecule has 0 bridgehead atoms. The molecule has 1 amide bonds. The van der Waals surface area contributed by atoms with Crippen molar-refractivity contribution in [1.29, 1.82) is 5.26 Å². The van der Waals surface area contributed by atoms with Crippen molar-refractivity contribution in [2.45, 2.75) is 52.7 Å². The van der Waals surface area contributed by atoms with Gasteiger partial charge < -0.3 is 14.6 Å². The number of carbonyl (C=O) groups is 1. The van der Waals surface area contributed by atoms with E-state index in [0.717, 1.165) is 5.46 Å². The quantitative estimate of drug-likeness (QED) is 0.870. The van der Waals surface area contributed by atoms with Crippen molar-refractivity contribution in [2.24, 2.45) is 5.92 Å². The standard InChI is InChI=1S/C17H23BN2O3/c1-11(2)15(21)20-14-8-7-13(9-12(14)10-19)18-22-16(3,4)17(5,6)23-18/h7-9,11H,1-6H3,(H,20,21). The van der Waals surface area contributed by atoms with Crippen molar-refractivity contribution in [3.05, 3.63) is 23.8 Å². The van der Waals surface area contributed by atoms with Crippen molar-refractivity contribution < 1.29 is 14.1 Å². The molecule has 0 saturated carbocycles. The maximum Gasteiger partial charge on any atom is 0.494 e. The zero-order chi connectivity index (χ0) is 17.4. The predicted molar refractivity (Wildman–Crippen MR) is 90.3 cm³/mol. The maximum atomic E-state index is 11.8. The summed E-state index contributed by atoms with van der Waals surface area (Å²) in [6.07, 6.45) is 0. The number of carbonyl (C=O) groups excluding carboxylic acids is 1. The van der Waals surface area contributed by atoms with Crippen molar-refractivity contribution in [3.63, 3.8) is 0 Å². The van der Waals surface area contributed by atoms with Gasteiger partial charge in [0, 0.05) is 5.92 Å². The molecular weight excluding hydrogens is 291 g/mol. The largest absolute Gasteiger partial charge is 0.494 e. The average Bonchev–Trinajstić information content (AvgIpc) is 2.67. The Morgan fingerprint density at radius 2 is 1.78 bits per heavy atom. The van der Waals surface area contributed by atoms with Crippen LogP contribution in [0.2, 0.25) is 0 Å². The zero-order valence-electron chi connectivity index (χ0n) is 14.6. The minimum absolute atomic E-state index is 0.120. The lowest BCUT2D eigenvalue weighted by Crippen LogP contribution is -2.41. The topological polar surface area (TPSA) is 71.3 Å². The molecule has 0 aromatic heterocycles. The van der Waals surface area contributed by atoms with Gasteiger partial charge in [0.15, 0.2) is 0 Å². The molecule has 1 saturated heterocycles. The van der Waals surface area contributed by atoms with Gasteiger partial charge in [-0.05, 0) is 45.3 Å². The first-order valence-electron chi connectivity index (χ1n) is 7.78. The van der Waals surface area contributed by atoms with Gasteiger partial charge in [0.25, 0.3) is 0 Å². The summed E-state index contributed by atoms with van der Waals surface area (Å²) in [5, 5.41) is 12.1. The molecule has 6 heteroatoms. The third-order valence-electron chi connectivity index (χ3n) is 4.47. The van der Waals surface area contributed by atoms with E-state index in [1.54, 1.807) is 26.0 Å². The number of hydrogen-bond acceptors (Lipinski definition) is 4. The van der Waals surface area contributed by atoms with Crippen molar-refractivity contribution in [3.8, 4) is 6.07 Å². The summed E-state index contributed by atoms with van der Waals surface area (Å²) in [7, 11) is -0.526. The van der Waals surface area contributed by atoms with Crippen LogP contribution in [0.3, 0.4) is 0 Å². The molecule has 0 aliphatic carbocycles. The molecule has 122 valence electrons. The van der Waals surface area contributed by atoms with Crippen LogP contribution >= 0.6 is 0 Å². The van der Waals surface area contributed by atoms with E-state index in [4.69, 9.17) is 9.31 Å². The lowest BCUT2D eigenvalue weighted by molar-refractivity contribution is -0.118. The fraction of sp³-hybridized carbons (Fsp3) is 0.529. The minimum atomic E-state index is -0.526. The van der Waals surface area contributed by atoms with Gasteiger partial charge in [0.2, 0.25) is 5.91 Å². The van der Waals surface area contributed by atoms with Gasteiger partial charge in [-0.1, -0.05) is 19.9 Å². The molecule has 0 unspecified atom stereocenters. The van der Waals surface area contributed by atoms with Crippen LogP contribution in [0.1, 0.15) is 47.1 Å². The van der Waals surface area contributed by atoms with E-state index >= 15 is 0 Å². The summed E-state index contributed by atoms with van der Waals surface area (Å²) in [4.78, 5) is 11.8. The minimum Gasteiger partial charge on any atom is -0.399 e. The molecule has 1 aromatic carbocycles. The molecule has 2 rings (SSSR count). The Labute approximate surface area is 138 Å². The van der Waals surface area contributed by atoms with Crippen LogP contribution in [0.25, 0.3) is 0 Å². The molecule has 1 aromatic rings. The van der Waals surface area contributed by atoms with Crippen LogP contribution in [0, 0.1) is 17.2 Å². The number of hydrogen-bond donors (Lipinski definition) is 1. The first kappa shape index (κ1) is 17.5. The monoisotopic (exact) mass is 314 g/mol. The summed E-state index contributed by atoms with van der Waals surface area (Å²) in [5.41, 5.74) is 0.796. The van der Waals surface area contributed by atoms with E-state index in [0.29, 0.717) is 11.3 Å². The van der Waals surface area contributed by atoms with Crippen molar-refractivity contribution in [1.82, 2.24) is 0 Å². The van der Waals surface area contributed by atoms with E-state index < -0.39 is 18.3 Å². The Morgan fingerprint density at radius 1 is 1.22 bits per heavy atom. The third-order valence-corrected chi connectivity index (χ3v) is 4.47. The molecule has 1 heterocycles. The predicted octanol–water partition coefficient (Wildman–Crippen LogP) is 2.45. The number of nitriles is 1. The van der Waals surface area contributed by atoms with E-state index in [9.17, 15) is 10.1 Å². The van der Waals surface area contributed by atoms with E-state index in [1.165, 1.54) is 0 Å². The van der Waals surface area contributed by atoms with Crippen LogP contribution in [-0.2, 0) is 14.1 Å². The number of nitrogens with one attached hydrogen (secondary N) is 1. The second-order valence-electron chi connectivity index (χ2n) is 7.15. The Bertz CT molecular complexity index is 646. The number of rotatable bonds is 3. The van der Waals surface area contributed by atoms with Gasteiger partial charge in [0.1, 0.15) is 6.07 Å². The lowest BCUT2D eigenvalue weighted by atomic mass is 9.78. The summed E-state index contributed by atoms with van der Waals surface area (Å²) in [5.74, 6) is -0.269. The fourth-order valence-electron chi connectivity index (χ4n) is 2.17. The van der Waals surface area contributed by atoms with Gasteiger partial charge in [-0.2, -0.15) is 5.26 Å². The third kappa shape index (κ3) is 3.41. The number of anilines is 1. The number of amides is 1. The maximum absolute atomic E-state index is 11.8. The average molecular weight is 314 g/mol. The highest BCUT2D eigenvalue weighted by molar-refractivity contribution is 6.62. The first-order chi connectivity index (χ1) is 10.6. The molecule has 1 fully saturated rings. The summed E-state index contributed by atoms with van der Waals surface area (Å²) >= 11 is 0. The van der Waals surface area contributed by atoms with Crippen LogP contribution in [0.5, 0.6) is 0 Å². The van der Waals surface area contributed by atoms with Gasteiger partial charge in [-0.15, -0.1) is 0 Å². The summed E-state index contributed by atoms with van der Waals surface area (Å²) in [6, 6.07) is 7.37. The van der Waals surface area contributed by atoms with Crippen molar-refractivity contribution in [2.75, 3.05) is 5.32 Å². The van der Waals surface area contributed by atoms with Crippen LogP contribution in [0.4, 0.5) is 5.69 Å². The van der Waals surface area contributed by atoms with Crippen LogP contribution in [0.15, 0.2) is 18.2 Å². The van der Waals surface area contributed by atoms with E-state index in [1.807, 2.05) is 33.8 Å². The molecule has 0 spiro atoms. The van der Waals surface area contributed by atoms with Gasteiger partial charge in [0.05, 0.1) is 22.5 Å². The number of nitrogens with zero attached hydrogens (tertiary/aromatic N) is 1. The van der Waals surface area contributed by atoms with Gasteiger partial charge in [-0.25, -0.2) is 0 Å². The second kappa shape index (κ2) is 5.99. The molecule has 5 nitrogen and oxygen atoms in total. The molecule has 23 heavy (non-hydrogen) atoms. The SMILES string of the molecule is CC(C)C(=O)Nc1ccc(B2OC(C)(C)C(C)(C)O2)cc1C#N. The highest BCUT2D eigenvalue weighted by atomic mass is 16.7. The molecule has 1 aliphatic rings. The fourth-order valence-corrected chi connectivity index (χ4v) is 2.17. The Hall–Kier alpha value is -1.84. The first-order valence-corrected chi connectivity index (χ1v) is 7.78. The van der Waals surface area contributed by atoms with Crippen LogP contribution in [-0.4, -0.2) is 24.2 Å². The molecular formula is C17H23BN2O3. The lowest BCUT2D eigenvalue weighted by Gasteiger charge is -2.32. The molecule has 1 N–H and O–H groups in total. The molecule has 0 radical (unpaired) electrons. The highest BCUT2D eigenvalue weighted by Gasteiger charge is 2.51. The smallest absolute Gasteiger partial charge is 0.399 e. The normalized spacial score (nSPS) is 18.8. The van der Waals surface area contributed by atoms with E-state index in [-0.39, 0.29) is 11.8 Å². The van der Waals surface area contributed by atoms with Gasteiger partial charge >= 0.3 is 7.12 Å². The zero-order valence-corrected chi connectivity index (χ0v) is 14.6. The molecule has 0 atom stereocenters. The van der Waals surface area contributed by atoms with E-state index in [2.05, 4.69) is 11.4 Å². The highest BCUT2D eigenvalue weighted by Crippen LogP contribution is 2.36. The summed E-state index contributed by atoms with van der Waals surface area (Å²) < 4.78 is 12.0. The van der Waals surface area contributed by atoms with Gasteiger partial charge in [-0.3, -0.25) is 4.79 Å². The van der Waals surface area contributed by atoms with Crippen molar-refractivity contribution >= 4 is 24.2 Å².